The zero-order chi connectivity index (χ0) is 19.5. The number of hydrogen-bond acceptors (Lipinski definition) is 4. The number of amides is 2. The molecule has 0 radical (unpaired) electrons. The van der Waals surface area contributed by atoms with Crippen molar-refractivity contribution in [2.75, 3.05) is 18.4 Å². The number of carbonyl (C=O) groups excluding carboxylic acids is 2. The molecule has 0 spiro atoms. The lowest BCUT2D eigenvalue weighted by Crippen LogP contribution is -2.51. The summed E-state index contributed by atoms with van der Waals surface area (Å²) >= 11 is 1.58. The highest BCUT2D eigenvalue weighted by molar-refractivity contribution is 7.17. The zero-order valence-electron chi connectivity index (χ0n) is 17.2. The van der Waals surface area contributed by atoms with Gasteiger partial charge in [-0.15, -0.1) is 23.7 Å². The maximum absolute atomic E-state index is 13.5. The van der Waals surface area contributed by atoms with E-state index in [1.807, 2.05) is 0 Å². The van der Waals surface area contributed by atoms with E-state index in [9.17, 15) is 9.59 Å². The van der Waals surface area contributed by atoms with Crippen molar-refractivity contribution in [1.29, 1.82) is 0 Å². The van der Waals surface area contributed by atoms with Crippen molar-refractivity contribution >= 4 is 40.6 Å². The third-order valence-electron chi connectivity index (χ3n) is 7.67. The Bertz CT molecular complexity index is 786. The number of rotatable bonds is 5. The largest absolute Gasteiger partial charge is 0.365 e. The van der Waals surface area contributed by atoms with E-state index in [1.165, 1.54) is 24.1 Å². The first-order valence-electron chi connectivity index (χ1n) is 11.0. The molecule has 2 heterocycles. The van der Waals surface area contributed by atoms with Crippen LogP contribution in [0, 0.1) is 23.2 Å². The minimum Gasteiger partial charge on any atom is -0.365 e. The van der Waals surface area contributed by atoms with Gasteiger partial charge in [-0.2, -0.15) is 0 Å². The molecular weight excluding hydrogens is 406 g/mol. The van der Waals surface area contributed by atoms with Gasteiger partial charge in [-0.1, -0.05) is 6.92 Å². The summed E-state index contributed by atoms with van der Waals surface area (Å²) in [5, 5.41) is 3.92. The average molecular weight is 438 g/mol. The summed E-state index contributed by atoms with van der Waals surface area (Å²) in [6.45, 7) is 5.08. The Labute approximate surface area is 183 Å². The van der Waals surface area contributed by atoms with Crippen molar-refractivity contribution in [3.05, 3.63) is 16.0 Å². The molecule has 0 atom stereocenters. The van der Waals surface area contributed by atoms with E-state index in [-0.39, 0.29) is 23.7 Å². The van der Waals surface area contributed by atoms with Crippen molar-refractivity contribution < 1.29 is 9.59 Å². The van der Waals surface area contributed by atoms with Crippen LogP contribution >= 0.6 is 23.7 Å². The Kier molecular flexibility index (Phi) is 5.73. The highest BCUT2D eigenvalue weighted by atomic mass is 35.5. The highest BCUT2D eigenvalue weighted by Crippen LogP contribution is 2.60. The minimum absolute atomic E-state index is 0. The second-order valence-corrected chi connectivity index (χ2v) is 10.9. The van der Waals surface area contributed by atoms with Gasteiger partial charge in [0, 0.05) is 18.0 Å². The van der Waals surface area contributed by atoms with Crippen LogP contribution in [0.4, 0.5) is 5.00 Å². The molecule has 1 aliphatic heterocycles. The Hall–Kier alpha value is -1.11. The number of thiophene rings is 1. The van der Waals surface area contributed by atoms with E-state index >= 15 is 0 Å². The Morgan fingerprint density at radius 1 is 1.17 bits per heavy atom. The van der Waals surface area contributed by atoms with Gasteiger partial charge in [-0.05, 0) is 81.2 Å². The summed E-state index contributed by atoms with van der Waals surface area (Å²) < 4.78 is 0. The van der Waals surface area contributed by atoms with Gasteiger partial charge in [0.2, 0.25) is 5.91 Å². The molecule has 160 valence electrons. The van der Waals surface area contributed by atoms with Crippen LogP contribution in [0.2, 0.25) is 0 Å². The van der Waals surface area contributed by atoms with E-state index < -0.39 is 5.91 Å². The molecule has 4 saturated carbocycles. The first-order chi connectivity index (χ1) is 13.5. The van der Waals surface area contributed by atoms with Crippen LogP contribution in [-0.4, -0.2) is 29.8 Å². The fourth-order valence-corrected chi connectivity index (χ4v) is 8.23. The lowest BCUT2D eigenvalue weighted by atomic mass is 9.49. The van der Waals surface area contributed by atoms with Gasteiger partial charge in [-0.3, -0.25) is 14.5 Å². The molecule has 4 aliphatic carbocycles. The van der Waals surface area contributed by atoms with Gasteiger partial charge in [0.25, 0.3) is 5.91 Å². The molecule has 1 aromatic heterocycles. The first-order valence-corrected chi connectivity index (χ1v) is 11.8. The summed E-state index contributed by atoms with van der Waals surface area (Å²) in [5.74, 6) is 1.94. The van der Waals surface area contributed by atoms with E-state index in [1.54, 1.807) is 11.3 Å². The molecule has 7 heteroatoms. The average Bonchev–Trinajstić information content (AvgIpc) is 2.98. The maximum Gasteiger partial charge on any atom is 0.251 e. The zero-order valence-corrected chi connectivity index (χ0v) is 18.8. The third kappa shape index (κ3) is 3.61. The van der Waals surface area contributed by atoms with Crippen molar-refractivity contribution in [3.63, 3.8) is 0 Å². The predicted octanol–water partition coefficient (Wildman–Crippen LogP) is 4.19. The number of fused-ring (bicyclic) bond motifs is 1. The van der Waals surface area contributed by atoms with Crippen LogP contribution in [-0.2, 0) is 17.8 Å². The van der Waals surface area contributed by atoms with Crippen molar-refractivity contribution in [2.24, 2.45) is 28.9 Å². The topological polar surface area (TPSA) is 75.4 Å². The summed E-state index contributed by atoms with van der Waals surface area (Å²) in [7, 11) is 0. The molecule has 5 aliphatic rings. The molecular formula is C22H32ClN3O2S. The van der Waals surface area contributed by atoms with Crippen LogP contribution < -0.4 is 11.1 Å². The van der Waals surface area contributed by atoms with Gasteiger partial charge >= 0.3 is 0 Å². The Balaban J connectivity index is 0.00000205. The fourth-order valence-electron chi connectivity index (χ4n) is 6.94. The van der Waals surface area contributed by atoms with Gasteiger partial charge in [-0.25, -0.2) is 0 Å². The number of hydrogen-bond donors (Lipinski definition) is 2. The summed E-state index contributed by atoms with van der Waals surface area (Å²) in [6.07, 6.45) is 9.03. The summed E-state index contributed by atoms with van der Waals surface area (Å²) in [4.78, 5) is 29.3. The number of halogens is 1. The molecule has 5 nitrogen and oxygen atoms in total. The molecule has 2 amide bonds. The van der Waals surface area contributed by atoms with Gasteiger partial charge in [0.1, 0.15) is 5.00 Å². The van der Waals surface area contributed by atoms with Crippen LogP contribution in [0.5, 0.6) is 0 Å². The smallest absolute Gasteiger partial charge is 0.251 e. The van der Waals surface area contributed by atoms with E-state index in [0.29, 0.717) is 10.6 Å². The molecule has 29 heavy (non-hydrogen) atoms. The standard InChI is InChI=1S/C22H31N3O2S.ClH/c1-2-4-25-5-3-16-17(12-25)28-20(18(16)19(23)26)24-21(27)22-9-13-6-14(10-22)8-15(7-13)11-22;/h13-15H,2-12H2,1H3,(H2,23,26)(H,24,27);1H. The van der Waals surface area contributed by atoms with Gasteiger partial charge in [0.15, 0.2) is 0 Å². The Morgan fingerprint density at radius 3 is 2.34 bits per heavy atom. The second kappa shape index (κ2) is 7.86. The lowest BCUT2D eigenvalue weighted by Gasteiger charge is -2.55. The molecule has 6 rings (SSSR count). The second-order valence-electron chi connectivity index (χ2n) is 9.75. The van der Waals surface area contributed by atoms with Crippen LogP contribution in [0.3, 0.4) is 0 Å². The van der Waals surface area contributed by atoms with E-state index in [4.69, 9.17) is 5.73 Å². The molecule has 0 saturated heterocycles. The fraction of sp³-hybridized carbons (Fsp3) is 0.727. The van der Waals surface area contributed by atoms with E-state index in [0.717, 1.165) is 75.1 Å². The van der Waals surface area contributed by atoms with Crippen LogP contribution in [0.1, 0.15) is 72.7 Å². The molecule has 0 aromatic carbocycles. The number of anilines is 1. The maximum atomic E-state index is 13.5. The summed E-state index contributed by atoms with van der Waals surface area (Å²) in [6, 6.07) is 0. The first kappa shape index (κ1) is 21.1. The number of primary amides is 1. The molecule has 1 aromatic rings. The SMILES string of the molecule is CCCN1CCc2c(sc(NC(=O)C34CC5CC(CC(C5)C3)C4)c2C(N)=O)C1.Cl. The lowest BCUT2D eigenvalue weighted by molar-refractivity contribution is -0.140. The summed E-state index contributed by atoms with van der Waals surface area (Å²) in [5.41, 5.74) is 7.21. The number of carbonyl (C=O) groups is 2. The predicted molar refractivity (Wildman–Crippen MR) is 119 cm³/mol. The van der Waals surface area contributed by atoms with Gasteiger partial charge < -0.3 is 11.1 Å². The third-order valence-corrected chi connectivity index (χ3v) is 8.80. The van der Waals surface area contributed by atoms with Crippen LogP contribution in [0.25, 0.3) is 0 Å². The molecule has 0 unspecified atom stereocenters. The normalized spacial score (nSPS) is 32.5. The number of nitrogens with zero attached hydrogens (tertiary/aromatic N) is 1. The highest BCUT2D eigenvalue weighted by Gasteiger charge is 2.54. The number of nitrogens with two attached hydrogens (primary N) is 1. The van der Waals surface area contributed by atoms with Gasteiger partial charge in [0.05, 0.1) is 11.0 Å². The van der Waals surface area contributed by atoms with Crippen molar-refractivity contribution in [1.82, 2.24) is 4.90 Å². The quantitative estimate of drug-likeness (QED) is 0.725. The van der Waals surface area contributed by atoms with E-state index in [2.05, 4.69) is 17.1 Å². The monoisotopic (exact) mass is 437 g/mol. The minimum atomic E-state index is -0.401. The van der Waals surface area contributed by atoms with Crippen molar-refractivity contribution in [3.8, 4) is 0 Å². The Morgan fingerprint density at radius 2 is 1.79 bits per heavy atom. The van der Waals surface area contributed by atoms with Crippen molar-refractivity contribution in [2.45, 2.75) is 64.8 Å². The van der Waals surface area contributed by atoms with Crippen LogP contribution in [0.15, 0.2) is 0 Å². The molecule has 4 fully saturated rings. The molecule has 3 N–H and O–H groups in total. The molecule has 4 bridgehead atoms. The number of nitrogens with one attached hydrogen (secondary N) is 1.